The minimum atomic E-state index is -0.277. The molecule has 0 saturated carbocycles. The Hall–Kier alpha value is -2.02. The fraction of sp³-hybridized carbons (Fsp3) is 0.273. The Morgan fingerprint density at radius 2 is 2.07 bits per heavy atom. The number of nitriles is 1. The molecule has 0 saturated heterocycles. The fourth-order valence-electron chi connectivity index (χ4n) is 1.06. The van der Waals surface area contributed by atoms with Crippen molar-refractivity contribution in [2.75, 3.05) is 13.7 Å². The summed E-state index contributed by atoms with van der Waals surface area (Å²) in [6.45, 7) is 0.0242. The van der Waals surface area contributed by atoms with Crippen LogP contribution in [0.3, 0.4) is 0 Å². The van der Waals surface area contributed by atoms with Crippen molar-refractivity contribution in [1.29, 1.82) is 5.26 Å². The zero-order valence-electron chi connectivity index (χ0n) is 8.40. The first-order valence-electron chi connectivity index (χ1n) is 4.41. The third kappa shape index (κ3) is 3.69. The van der Waals surface area contributed by atoms with E-state index in [0.717, 1.165) is 5.56 Å². The summed E-state index contributed by atoms with van der Waals surface area (Å²) >= 11 is 0. The molecule has 0 spiro atoms. The van der Waals surface area contributed by atoms with Crippen LogP contribution in [0.2, 0.25) is 0 Å². The molecule has 1 aromatic carbocycles. The molecule has 15 heavy (non-hydrogen) atoms. The number of nitrogens with zero attached hydrogens (tertiary/aromatic N) is 1. The molecule has 1 rings (SSSR count). The molecule has 0 aromatic heterocycles. The maximum Gasteiger partial charge on any atom is 0.309 e. The van der Waals surface area contributed by atoms with Gasteiger partial charge in [0.25, 0.3) is 0 Å². The number of carbonyl (C=O) groups is 1. The van der Waals surface area contributed by atoms with Crippen LogP contribution < -0.4 is 4.74 Å². The van der Waals surface area contributed by atoms with E-state index < -0.39 is 0 Å². The van der Waals surface area contributed by atoms with Crippen LogP contribution in [-0.2, 0) is 16.0 Å². The first kappa shape index (κ1) is 11.1. The van der Waals surface area contributed by atoms with Gasteiger partial charge in [0, 0.05) is 0 Å². The van der Waals surface area contributed by atoms with Crippen molar-refractivity contribution in [1.82, 2.24) is 0 Å². The van der Waals surface area contributed by atoms with Gasteiger partial charge in [0.05, 0.1) is 13.5 Å². The Bertz CT molecular complexity index is 364. The summed E-state index contributed by atoms with van der Waals surface area (Å²) in [7, 11) is 1.35. The van der Waals surface area contributed by atoms with Gasteiger partial charge in [-0.05, 0) is 17.7 Å². The van der Waals surface area contributed by atoms with E-state index in [-0.39, 0.29) is 19.0 Å². The number of hydrogen-bond donors (Lipinski definition) is 0. The average molecular weight is 205 g/mol. The second-order valence-electron chi connectivity index (χ2n) is 2.84. The lowest BCUT2D eigenvalue weighted by Crippen LogP contribution is -2.04. The molecule has 4 nitrogen and oxygen atoms in total. The van der Waals surface area contributed by atoms with Crippen LogP contribution in [0.15, 0.2) is 24.3 Å². The zero-order chi connectivity index (χ0) is 11.1. The van der Waals surface area contributed by atoms with Crippen LogP contribution in [0.4, 0.5) is 0 Å². The molecule has 0 amide bonds. The van der Waals surface area contributed by atoms with Crippen molar-refractivity contribution >= 4 is 5.97 Å². The molecule has 0 unspecified atom stereocenters. The molecule has 0 N–H and O–H groups in total. The summed E-state index contributed by atoms with van der Waals surface area (Å²) < 4.78 is 9.60. The lowest BCUT2D eigenvalue weighted by Gasteiger charge is -2.03. The molecule has 0 aliphatic heterocycles. The molecule has 0 atom stereocenters. The first-order valence-corrected chi connectivity index (χ1v) is 4.41. The highest BCUT2D eigenvalue weighted by Crippen LogP contribution is 2.12. The van der Waals surface area contributed by atoms with Crippen molar-refractivity contribution in [2.45, 2.75) is 6.42 Å². The number of esters is 1. The molecule has 0 aliphatic carbocycles. The molecular weight excluding hydrogens is 194 g/mol. The van der Waals surface area contributed by atoms with Crippen molar-refractivity contribution in [3.63, 3.8) is 0 Å². The first-order chi connectivity index (χ1) is 7.26. The van der Waals surface area contributed by atoms with Crippen molar-refractivity contribution < 1.29 is 14.3 Å². The topological polar surface area (TPSA) is 59.3 Å². The summed E-state index contributed by atoms with van der Waals surface area (Å²) in [6.07, 6.45) is 0.245. The maximum atomic E-state index is 10.9. The molecular formula is C11H11NO3. The number of ether oxygens (including phenoxy) is 2. The SMILES string of the molecule is COC(=O)Cc1ccc(OCC#N)cc1. The number of benzene rings is 1. The van der Waals surface area contributed by atoms with Gasteiger partial charge in [-0.3, -0.25) is 4.79 Å². The Morgan fingerprint density at radius 3 is 2.60 bits per heavy atom. The second kappa shape index (κ2) is 5.66. The summed E-state index contributed by atoms with van der Waals surface area (Å²) in [5, 5.41) is 8.30. The predicted octanol–water partition coefficient (Wildman–Crippen LogP) is 1.30. The summed E-state index contributed by atoms with van der Waals surface area (Å²) in [5.74, 6) is 0.339. The summed E-state index contributed by atoms with van der Waals surface area (Å²) in [5.41, 5.74) is 0.853. The van der Waals surface area contributed by atoms with Gasteiger partial charge in [-0.25, -0.2) is 0 Å². The minimum absolute atomic E-state index is 0.0242. The van der Waals surface area contributed by atoms with Crippen LogP contribution in [-0.4, -0.2) is 19.7 Å². The normalized spacial score (nSPS) is 9.07. The van der Waals surface area contributed by atoms with Gasteiger partial charge in [0.15, 0.2) is 6.61 Å². The van der Waals surface area contributed by atoms with E-state index >= 15 is 0 Å². The lowest BCUT2D eigenvalue weighted by molar-refractivity contribution is -0.139. The van der Waals surface area contributed by atoms with Gasteiger partial charge >= 0.3 is 5.97 Å². The molecule has 0 aliphatic rings. The van der Waals surface area contributed by atoms with Crippen molar-refractivity contribution in [3.05, 3.63) is 29.8 Å². The van der Waals surface area contributed by atoms with E-state index in [1.165, 1.54) is 7.11 Å². The minimum Gasteiger partial charge on any atom is -0.479 e. The number of rotatable bonds is 4. The smallest absolute Gasteiger partial charge is 0.309 e. The molecule has 1 aromatic rings. The summed E-state index contributed by atoms with van der Waals surface area (Å²) in [4.78, 5) is 10.9. The monoisotopic (exact) mass is 205 g/mol. The lowest BCUT2D eigenvalue weighted by atomic mass is 10.1. The molecule has 0 bridgehead atoms. The van der Waals surface area contributed by atoms with Crippen LogP contribution in [0.5, 0.6) is 5.75 Å². The van der Waals surface area contributed by atoms with Gasteiger partial charge in [0.1, 0.15) is 11.8 Å². The largest absolute Gasteiger partial charge is 0.479 e. The van der Waals surface area contributed by atoms with Crippen LogP contribution in [0.1, 0.15) is 5.56 Å². The Labute approximate surface area is 88.0 Å². The van der Waals surface area contributed by atoms with E-state index in [2.05, 4.69) is 4.74 Å². The Kier molecular flexibility index (Phi) is 4.17. The quantitative estimate of drug-likeness (QED) is 0.695. The van der Waals surface area contributed by atoms with E-state index in [1.54, 1.807) is 24.3 Å². The van der Waals surface area contributed by atoms with E-state index in [4.69, 9.17) is 10.00 Å². The highest BCUT2D eigenvalue weighted by Gasteiger charge is 2.02. The van der Waals surface area contributed by atoms with Gasteiger partial charge < -0.3 is 9.47 Å². The van der Waals surface area contributed by atoms with E-state index in [0.29, 0.717) is 5.75 Å². The average Bonchev–Trinajstić information content (AvgIpc) is 2.28. The highest BCUT2D eigenvalue weighted by atomic mass is 16.5. The van der Waals surface area contributed by atoms with Gasteiger partial charge in [0.2, 0.25) is 0 Å². The van der Waals surface area contributed by atoms with E-state index in [1.807, 2.05) is 6.07 Å². The standard InChI is InChI=1S/C11H11NO3/c1-14-11(13)8-9-2-4-10(5-3-9)15-7-6-12/h2-5H,7-8H2,1H3. The van der Waals surface area contributed by atoms with Crippen LogP contribution in [0, 0.1) is 11.3 Å². The van der Waals surface area contributed by atoms with Crippen LogP contribution in [0.25, 0.3) is 0 Å². The molecule has 0 fully saturated rings. The zero-order valence-corrected chi connectivity index (χ0v) is 8.40. The third-order valence-electron chi connectivity index (χ3n) is 1.80. The van der Waals surface area contributed by atoms with Crippen LogP contribution >= 0.6 is 0 Å². The third-order valence-corrected chi connectivity index (χ3v) is 1.80. The number of carbonyl (C=O) groups excluding carboxylic acids is 1. The van der Waals surface area contributed by atoms with Gasteiger partial charge in [-0.1, -0.05) is 12.1 Å². The molecule has 0 radical (unpaired) electrons. The van der Waals surface area contributed by atoms with Gasteiger partial charge in [-0.15, -0.1) is 0 Å². The fourth-order valence-corrected chi connectivity index (χ4v) is 1.06. The van der Waals surface area contributed by atoms with Gasteiger partial charge in [-0.2, -0.15) is 5.26 Å². The molecule has 4 heteroatoms. The van der Waals surface area contributed by atoms with Crippen molar-refractivity contribution in [3.8, 4) is 11.8 Å². The van der Waals surface area contributed by atoms with E-state index in [9.17, 15) is 4.79 Å². The second-order valence-corrected chi connectivity index (χ2v) is 2.84. The predicted molar refractivity (Wildman–Crippen MR) is 53.3 cm³/mol. The molecule has 0 heterocycles. The Morgan fingerprint density at radius 1 is 1.40 bits per heavy atom. The number of hydrogen-bond acceptors (Lipinski definition) is 4. The van der Waals surface area contributed by atoms with Crippen molar-refractivity contribution in [2.24, 2.45) is 0 Å². The number of methoxy groups -OCH3 is 1. The summed E-state index contributed by atoms with van der Waals surface area (Å²) in [6, 6.07) is 8.85. The highest BCUT2D eigenvalue weighted by molar-refractivity contribution is 5.72. The molecule has 78 valence electrons. The Balaban J connectivity index is 2.57. The maximum absolute atomic E-state index is 10.9.